The maximum atomic E-state index is 12.5. The van der Waals surface area contributed by atoms with Crippen molar-refractivity contribution in [3.05, 3.63) is 33.9 Å². The van der Waals surface area contributed by atoms with Crippen LogP contribution in [0.2, 0.25) is 0 Å². The summed E-state index contributed by atoms with van der Waals surface area (Å²) in [4.78, 5) is 24.5. The third-order valence-electron chi connectivity index (χ3n) is 3.75. The molecule has 0 spiro atoms. The molecular weight excluding hydrogens is 276 g/mol. The Bertz CT molecular complexity index is 560. The second-order valence-electron chi connectivity index (χ2n) is 5.40. The van der Waals surface area contributed by atoms with Crippen molar-refractivity contribution in [3.63, 3.8) is 0 Å². The number of methoxy groups -OCH3 is 1. The quantitative estimate of drug-likeness (QED) is 0.675. The number of rotatable bonds is 3. The van der Waals surface area contributed by atoms with Gasteiger partial charge in [0, 0.05) is 19.2 Å². The number of amides is 1. The number of para-hydroxylation sites is 1. The highest BCUT2D eigenvalue weighted by atomic mass is 16.6. The van der Waals surface area contributed by atoms with Crippen LogP contribution in [0.5, 0.6) is 5.75 Å². The van der Waals surface area contributed by atoms with E-state index in [1.165, 1.54) is 25.3 Å². The Hall–Kier alpha value is -2.15. The summed E-state index contributed by atoms with van der Waals surface area (Å²) in [6.45, 7) is 2.57. The minimum absolute atomic E-state index is 0.0233. The normalized spacial score (nSPS) is 17.4. The first-order valence-electron chi connectivity index (χ1n) is 6.69. The van der Waals surface area contributed by atoms with Crippen LogP contribution in [0, 0.1) is 10.1 Å². The standard InChI is InChI=1S/C14H18N2O5/c1-14(18)6-8-15(9-7-14)13(17)10-4-3-5-11(16(19)20)12(10)21-2/h3-5,18H,6-9H2,1-2H3. The Balaban J connectivity index is 2.28. The third kappa shape index (κ3) is 3.13. The minimum atomic E-state index is -0.760. The summed E-state index contributed by atoms with van der Waals surface area (Å²) in [6.07, 6.45) is 0.964. The molecule has 0 unspecified atom stereocenters. The molecule has 0 atom stereocenters. The number of aliphatic hydroxyl groups is 1. The van der Waals surface area contributed by atoms with Crippen LogP contribution >= 0.6 is 0 Å². The fourth-order valence-electron chi connectivity index (χ4n) is 2.41. The highest BCUT2D eigenvalue weighted by molar-refractivity contribution is 5.98. The van der Waals surface area contributed by atoms with Gasteiger partial charge in [0.05, 0.1) is 23.2 Å². The van der Waals surface area contributed by atoms with Gasteiger partial charge >= 0.3 is 5.69 Å². The highest BCUT2D eigenvalue weighted by Crippen LogP contribution is 2.32. The lowest BCUT2D eigenvalue weighted by Crippen LogP contribution is -2.45. The number of hydrogen-bond donors (Lipinski definition) is 1. The van der Waals surface area contributed by atoms with E-state index in [4.69, 9.17) is 4.74 Å². The van der Waals surface area contributed by atoms with E-state index in [1.54, 1.807) is 11.8 Å². The first kappa shape index (κ1) is 15.2. The zero-order valence-electron chi connectivity index (χ0n) is 12.0. The summed E-state index contributed by atoms with van der Waals surface area (Å²) >= 11 is 0. The molecular formula is C14H18N2O5. The van der Waals surface area contributed by atoms with Gasteiger partial charge in [0.25, 0.3) is 5.91 Å². The summed E-state index contributed by atoms with van der Waals surface area (Å²) in [6, 6.07) is 4.28. The largest absolute Gasteiger partial charge is 0.490 e. The molecule has 0 aromatic heterocycles. The fourth-order valence-corrected chi connectivity index (χ4v) is 2.41. The van der Waals surface area contributed by atoms with E-state index < -0.39 is 10.5 Å². The Morgan fingerprint density at radius 3 is 2.57 bits per heavy atom. The Morgan fingerprint density at radius 1 is 1.43 bits per heavy atom. The van der Waals surface area contributed by atoms with Gasteiger partial charge in [-0.3, -0.25) is 14.9 Å². The molecule has 1 aromatic rings. The van der Waals surface area contributed by atoms with Gasteiger partial charge in [-0.25, -0.2) is 0 Å². The summed E-state index contributed by atoms with van der Waals surface area (Å²) < 4.78 is 5.05. The molecule has 1 amide bonds. The fraction of sp³-hybridized carbons (Fsp3) is 0.500. The van der Waals surface area contributed by atoms with Crippen LogP contribution in [0.3, 0.4) is 0 Å². The number of likely N-dealkylation sites (tertiary alicyclic amines) is 1. The van der Waals surface area contributed by atoms with Crippen LogP contribution < -0.4 is 4.74 Å². The van der Waals surface area contributed by atoms with Crippen molar-refractivity contribution in [2.45, 2.75) is 25.4 Å². The summed E-state index contributed by atoms with van der Waals surface area (Å²) in [5.74, 6) is -0.337. The molecule has 0 aliphatic carbocycles. The zero-order chi connectivity index (χ0) is 15.6. The van der Waals surface area contributed by atoms with E-state index in [0.717, 1.165) is 0 Å². The molecule has 1 aliphatic heterocycles. The molecule has 21 heavy (non-hydrogen) atoms. The zero-order valence-corrected chi connectivity index (χ0v) is 12.0. The predicted octanol–water partition coefficient (Wildman–Crippen LogP) is 1.59. The van der Waals surface area contributed by atoms with Crippen LogP contribution in [0.25, 0.3) is 0 Å². The van der Waals surface area contributed by atoms with Gasteiger partial charge < -0.3 is 14.7 Å². The summed E-state index contributed by atoms with van der Waals surface area (Å²) in [5.41, 5.74) is -0.815. The van der Waals surface area contributed by atoms with Crippen molar-refractivity contribution < 1.29 is 19.6 Å². The molecule has 1 aliphatic rings. The van der Waals surface area contributed by atoms with Gasteiger partial charge in [-0.15, -0.1) is 0 Å². The lowest BCUT2D eigenvalue weighted by molar-refractivity contribution is -0.385. The van der Waals surface area contributed by atoms with Crippen LogP contribution in [-0.4, -0.2) is 46.6 Å². The van der Waals surface area contributed by atoms with Gasteiger partial charge in [-0.05, 0) is 25.8 Å². The summed E-state index contributed by atoms with van der Waals surface area (Å²) in [5, 5.41) is 20.9. The lowest BCUT2D eigenvalue weighted by atomic mass is 9.93. The van der Waals surface area contributed by atoms with Crippen molar-refractivity contribution in [2.75, 3.05) is 20.2 Å². The molecule has 7 nitrogen and oxygen atoms in total. The lowest BCUT2D eigenvalue weighted by Gasteiger charge is -2.35. The number of nitro benzene ring substituents is 1. The molecule has 1 saturated heterocycles. The topological polar surface area (TPSA) is 92.9 Å². The number of nitro groups is 1. The number of piperidine rings is 1. The Morgan fingerprint density at radius 2 is 2.05 bits per heavy atom. The van der Waals surface area contributed by atoms with Crippen LogP contribution in [0.15, 0.2) is 18.2 Å². The molecule has 0 radical (unpaired) electrons. The van der Waals surface area contributed by atoms with Crippen molar-refractivity contribution in [2.24, 2.45) is 0 Å². The van der Waals surface area contributed by atoms with E-state index in [2.05, 4.69) is 0 Å². The first-order chi connectivity index (χ1) is 9.85. The molecule has 1 aromatic carbocycles. The highest BCUT2D eigenvalue weighted by Gasteiger charge is 2.32. The molecule has 0 saturated carbocycles. The molecule has 1 heterocycles. The number of ether oxygens (including phenoxy) is 1. The number of carbonyl (C=O) groups excluding carboxylic acids is 1. The van der Waals surface area contributed by atoms with Crippen molar-refractivity contribution in [1.82, 2.24) is 4.90 Å². The average Bonchev–Trinajstić information content (AvgIpc) is 2.45. The minimum Gasteiger partial charge on any atom is -0.490 e. The van der Waals surface area contributed by atoms with Crippen molar-refractivity contribution in [1.29, 1.82) is 0 Å². The molecule has 1 fully saturated rings. The molecule has 7 heteroatoms. The second-order valence-corrected chi connectivity index (χ2v) is 5.40. The van der Waals surface area contributed by atoms with E-state index in [-0.39, 0.29) is 22.9 Å². The van der Waals surface area contributed by atoms with Gasteiger partial charge in [-0.1, -0.05) is 6.07 Å². The van der Waals surface area contributed by atoms with Crippen molar-refractivity contribution >= 4 is 11.6 Å². The number of hydrogen-bond acceptors (Lipinski definition) is 5. The monoisotopic (exact) mass is 294 g/mol. The molecule has 114 valence electrons. The van der Waals surface area contributed by atoms with Crippen LogP contribution in [-0.2, 0) is 0 Å². The van der Waals surface area contributed by atoms with Crippen LogP contribution in [0.4, 0.5) is 5.69 Å². The SMILES string of the molecule is COc1c(C(=O)N2CCC(C)(O)CC2)cccc1[N+](=O)[O-]. The number of nitrogens with zero attached hydrogens (tertiary/aromatic N) is 2. The number of benzene rings is 1. The maximum absolute atomic E-state index is 12.5. The predicted molar refractivity (Wildman–Crippen MR) is 75.4 cm³/mol. The third-order valence-corrected chi connectivity index (χ3v) is 3.75. The second kappa shape index (κ2) is 5.69. The first-order valence-corrected chi connectivity index (χ1v) is 6.69. The Kier molecular flexibility index (Phi) is 4.13. The van der Waals surface area contributed by atoms with Gasteiger partial charge in [-0.2, -0.15) is 0 Å². The van der Waals surface area contributed by atoms with E-state index in [9.17, 15) is 20.0 Å². The van der Waals surface area contributed by atoms with Crippen molar-refractivity contribution in [3.8, 4) is 5.75 Å². The maximum Gasteiger partial charge on any atom is 0.311 e. The molecule has 0 bridgehead atoms. The summed E-state index contributed by atoms with van der Waals surface area (Å²) in [7, 11) is 1.31. The smallest absolute Gasteiger partial charge is 0.311 e. The van der Waals surface area contributed by atoms with Crippen LogP contribution in [0.1, 0.15) is 30.1 Å². The Labute approximate surface area is 122 Å². The van der Waals surface area contributed by atoms with E-state index in [1.807, 2.05) is 0 Å². The van der Waals surface area contributed by atoms with Gasteiger partial charge in [0.2, 0.25) is 5.75 Å². The molecule has 2 rings (SSSR count). The van der Waals surface area contributed by atoms with Gasteiger partial charge in [0.1, 0.15) is 0 Å². The van der Waals surface area contributed by atoms with E-state index in [0.29, 0.717) is 25.9 Å². The van der Waals surface area contributed by atoms with Gasteiger partial charge in [0.15, 0.2) is 0 Å². The van der Waals surface area contributed by atoms with E-state index >= 15 is 0 Å². The molecule has 1 N–H and O–H groups in total. The number of carbonyl (C=O) groups is 1. The average molecular weight is 294 g/mol.